The second-order valence-electron chi connectivity index (χ2n) is 4.75. The van der Waals surface area contributed by atoms with Gasteiger partial charge in [0, 0.05) is 26.2 Å². The van der Waals surface area contributed by atoms with E-state index in [1.807, 2.05) is 11.9 Å². The summed E-state index contributed by atoms with van der Waals surface area (Å²) in [5, 5.41) is 8.32. The molecule has 0 spiro atoms. The van der Waals surface area contributed by atoms with E-state index in [1.165, 1.54) is 19.5 Å². The van der Waals surface area contributed by atoms with Crippen LogP contribution in [0.3, 0.4) is 0 Å². The van der Waals surface area contributed by atoms with E-state index in [9.17, 15) is 4.79 Å². The first-order chi connectivity index (χ1) is 7.02. The highest BCUT2D eigenvalue weighted by atomic mass is 16.4. The zero-order valence-corrected chi connectivity index (χ0v) is 9.94. The van der Waals surface area contributed by atoms with Crippen LogP contribution in [0.2, 0.25) is 0 Å². The summed E-state index contributed by atoms with van der Waals surface area (Å²) in [6.45, 7) is 6.36. The smallest absolute Gasteiger partial charge is 0.309 e. The first kappa shape index (κ1) is 12.5. The number of carboxylic acids is 1. The molecule has 2 aliphatic heterocycles. The molecule has 0 aliphatic carbocycles. The Labute approximate surface area is 91.9 Å². The summed E-state index contributed by atoms with van der Waals surface area (Å²) in [7, 11) is 4.09. The molecule has 2 rings (SSSR count). The number of likely N-dealkylation sites (tertiary alicyclic amines) is 2. The van der Waals surface area contributed by atoms with Gasteiger partial charge < -0.3 is 14.9 Å². The molecule has 0 aromatic rings. The minimum absolute atomic E-state index is 0.0972. The van der Waals surface area contributed by atoms with Gasteiger partial charge in [0.05, 0.1) is 5.92 Å². The molecule has 0 saturated carbocycles. The quantitative estimate of drug-likeness (QED) is 0.730. The van der Waals surface area contributed by atoms with Crippen molar-refractivity contribution in [1.82, 2.24) is 9.80 Å². The van der Waals surface area contributed by atoms with Crippen LogP contribution in [0, 0.1) is 11.8 Å². The van der Waals surface area contributed by atoms with E-state index >= 15 is 0 Å². The highest BCUT2D eigenvalue weighted by Crippen LogP contribution is 2.14. The van der Waals surface area contributed by atoms with Gasteiger partial charge in [-0.1, -0.05) is 13.3 Å². The maximum Gasteiger partial charge on any atom is 0.309 e. The fourth-order valence-electron chi connectivity index (χ4n) is 1.94. The van der Waals surface area contributed by atoms with Crippen LogP contribution in [0.4, 0.5) is 0 Å². The molecule has 2 saturated heterocycles. The van der Waals surface area contributed by atoms with Crippen LogP contribution in [-0.4, -0.2) is 61.2 Å². The van der Waals surface area contributed by atoms with Gasteiger partial charge in [-0.3, -0.25) is 4.79 Å². The van der Waals surface area contributed by atoms with Crippen molar-refractivity contribution in [1.29, 1.82) is 0 Å². The standard InChI is InChI=1S/C6H13N.C5H9NO2/c1-3-6-4-7(2)5-6;1-6-2-4(3-6)5(7)8/h6H,3-5H2,1-2H3;4H,2-3H2,1H3,(H,7,8). The van der Waals surface area contributed by atoms with Crippen molar-refractivity contribution in [3.63, 3.8) is 0 Å². The lowest BCUT2D eigenvalue weighted by molar-refractivity contribution is -0.146. The minimum Gasteiger partial charge on any atom is -0.481 e. The van der Waals surface area contributed by atoms with Gasteiger partial charge in [-0.15, -0.1) is 0 Å². The van der Waals surface area contributed by atoms with Crippen LogP contribution in [-0.2, 0) is 4.79 Å². The lowest BCUT2D eigenvalue weighted by atomic mass is 9.99. The average Bonchev–Trinajstić information content (AvgIpc) is 2.08. The zero-order chi connectivity index (χ0) is 11.4. The van der Waals surface area contributed by atoms with Crippen LogP contribution in [0.15, 0.2) is 0 Å². The second-order valence-corrected chi connectivity index (χ2v) is 4.75. The molecular weight excluding hydrogens is 192 g/mol. The Morgan fingerprint density at radius 1 is 1.20 bits per heavy atom. The first-order valence-electron chi connectivity index (χ1n) is 5.62. The number of nitrogens with zero attached hydrogens (tertiary/aromatic N) is 2. The first-order valence-corrected chi connectivity index (χ1v) is 5.62. The van der Waals surface area contributed by atoms with Crippen molar-refractivity contribution in [2.45, 2.75) is 13.3 Å². The molecule has 2 aliphatic rings. The molecular formula is C11H22N2O2. The number of aliphatic carboxylic acids is 1. The summed E-state index contributed by atoms with van der Waals surface area (Å²) in [4.78, 5) is 14.4. The van der Waals surface area contributed by atoms with Gasteiger partial charge in [0.2, 0.25) is 0 Å². The predicted octanol–water partition coefficient (Wildman–Crippen LogP) is 0.591. The van der Waals surface area contributed by atoms with E-state index in [0.717, 1.165) is 19.0 Å². The monoisotopic (exact) mass is 214 g/mol. The molecule has 2 fully saturated rings. The van der Waals surface area contributed by atoms with Crippen molar-refractivity contribution in [3.8, 4) is 0 Å². The largest absolute Gasteiger partial charge is 0.481 e. The van der Waals surface area contributed by atoms with Crippen molar-refractivity contribution < 1.29 is 9.90 Å². The maximum atomic E-state index is 10.1. The Bertz CT molecular complexity index is 209. The number of hydrogen-bond acceptors (Lipinski definition) is 3. The van der Waals surface area contributed by atoms with Crippen LogP contribution < -0.4 is 0 Å². The molecule has 1 N–H and O–H groups in total. The van der Waals surface area contributed by atoms with Gasteiger partial charge in [-0.05, 0) is 20.0 Å². The lowest BCUT2D eigenvalue weighted by Gasteiger charge is -2.35. The number of carbonyl (C=O) groups is 1. The summed E-state index contributed by atoms with van der Waals surface area (Å²) in [5.41, 5.74) is 0. The Morgan fingerprint density at radius 3 is 1.80 bits per heavy atom. The van der Waals surface area contributed by atoms with Gasteiger partial charge >= 0.3 is 5.97 Å². The van der Waals surface area contributed by atoms with E-state index in [-0.39, 0.29) is 5.92 Å². The zero-order valence-electron chi connectivity index (χ0n) is 9.94. The maximum absolute atomic E-state index is 10.1. The highest BCUT2D eigenvalue weighted by Gasteiger charge is 2.29. The second kappa shape index (κ2) is 5.47. The third-order valence-electron chi connectivity index (χ3n) is 3.13. The van der Waals surface area contributed by atoms with Gasteiger partial charge in [0.25, 0.3) is 0 Å². The van der Waals surface area contributed by atoms with Crippen molar-refractivity contribution in [3.05, 3.63) is 0 Å². The molecule has 0 unspecified atom stereocenters. The molecule has 2 heterocycles. The highest BCUT2D eigenvalue weighted by molar-refractivity contribution is 5.71. The average molecular weight is 214 g/mol. The van der Waals surface area contributed by atoms with Crippen molar-refractivity contribution in [2.24, 2.45) is 11.8 Å². The molecule has 0 bridgehead atoms. The van der Waals surface area contributed by atoms with Crippen molar-refractivity contribution >= 4 is 5.97 Å². The molecule has 4 nitrogen and oxygen atoms in total. The fourth-order valence-corrected chi connectivity index (χ4v) is 1.94. The molecule has 88 valence electrons. The van der Waals surface area contributed by atoms with Gasteiger partial charge in [0.15, 0.2) is 0 Å². The Morgan fingerprint density at radius 2 is 1.67 bits per heavy atom. The Hall–Kier alpha value is -0.610. The van der Waals surface area contributed by atoms with Crippen LogP contribution in [0.5, 0.6) is 0 Å². The van der Waals surface area contributed by atoms with Gasteiger partial charge in [-0.2, -0.15) is 0 Å². The molecule has 0 aromatic carbocycles. The molecule has 0 aromatic heterocycles. The van der Waals surface area contributed by atoms with Crippen LogP contribution >= 0.6 is 0 Å². The summed E-state index contributed by atoms with van der Waals surface area (Å²) in [5.74, 6) is 0.257. The lowest BCUT2D eigenvalue weighted by Crippen LogP contribution is -2.47. The third-order valence-corrected chi connectivity index (χ3v) is 3.13. The van der Waals surface area contributed by atoms with Crippen molar-refractivity contribution in [2.75, 3.05) is 40.3 Å². The number of carboxylic acid groups (broad SMARTS) is 1. The number of rotatable bonds is 2. The van der Waals surface area contributed by atoms with E-state index in [0.29, 0.717) is 0 Å². The van der Waals surface area contributed by atoms with E-state index < -0.39 is 5.97 Å². The normalized spacial score (nSPS) is 23.7. The van der Waals surface area contributed by atoms with Crippen LogP contribution in [0.1, 0.15) is 13.3 Å². The SMILES string of the molecule is CCC1CN(C)C1.CN1CC(C(=O)O)C1. The summed E-state index contributed by atoms with van der Waals surface area (Å²) >= 11 is 0. The molecule has 0 amide bonds. The van der Waals surface area contributed by atoms with Gasteiger partial charge in [-0.25, -0.2) is 0 Å². The van der Waals surface area contributed by atoms with Gasteiger partial charge in [0.1, 0.15) is 0 Å². The summed E-state index contributed by atoms with van der Waals surface area (Å²) in [6, 6.07) is 0. The number of hydrogen-bond donors (Lipinski definition) is 1. The molecule has 0 radical (unpaired) electrons. The van der Waals surface area contributed by atoms with Crippen LogP contribution in [0.25, 0.3) is 0 Å². The van der Waals surface area contributed by atoms with E-state index in [4.69, 9.17) is 5.11 Å². The molecule has 4 heteroatoms. The van der Waals surface area contributed by atoms with E-state index in [1.54, 1.807) is 0 Å². The Kier molecular flexibility index (Phi) is 4.54. The predicted molar refractivity (Wildman–Crippen MR) is 59.9 cm³/mol. The summed E-state index contributed by atoms with van der Waals surface area (Å²) in [6.07, 6.45) is 1.37. The third kappa shape index (κ3) is 3.80. The topological polar surface area (TPSA) is 43.8 Å². The Balaban J connectivity index is 0.000000151. The fraction of sp³-hybridized carbons (Fsp3) is 0.909. The molecule has 15 heavy (non-hydrogen) atoms. The molecule has 0 atom stereocenters. The minimum atomic E-state index is -0.664. The van der Waals surface area contributed by atoms with E-state index in [2.05, 4.69) is 18.9 Å². The summed E-state index contributed by atoms with van der Waals surface area (Å²) < 4.78 is 0.